The lowest BCUT2D eigenvalue weighted by Gasteiger charge is -2.36. The van der Waals surface area contributed by atoms with E-state index in [1.54, 1.807) is 11.3 Å². The number of rotatable bonds is 6. The number of ether oxygens (including phenoxy) is 1. The van der Waals surface area contributed by atoms with Crippen molar-refractivity contribution in [2.45, 2.75) is 38.5 Å². The van der Waals surface area contributed by atoms with Crippen molar-refractivity contribution in [3.05, 3.63) is 64.4 Å². The molecule has 1 aliphatic heterocycles. The molecule has 1 aliphatic rings. The Morgan fingerprint density at radius 2 is 2.00 bits per heavy atom. The predicted molar refractivity (Wildman–Crippen MR) is 114 cm³/mol. The van der Waals surface area contributed by atoms with Crippen LogP contribution < -0.4 is 5.32 Å². The van der Waals surface area contributed by atoms with Gasteiger partial charge in [0.1, 0.15) is 0 Å². The summed E-state index contributed by atoms with van der Waals surface area (Å²) in [6.07, 6.45) is 2.12. The summed E-state index contributed by atoms with van der Waals surface area (Å²) in [5.74, 6) is 0.0843. The number of aromatic nitrogens is 3. The first-order valence-electron chi connectivity index (χ1n) is 9.98. The first-order chi connectivity index (χ1) is 14.1. The summed E-state index contributed by atoms with van der Waals surface area (Å²) in [5.41, 5.74) is 3.59. The van der Waals surface area contributed by atoms with Gasteiger partial charge in [-0.25, -0.2) is 9.67 Å². The molecule has 0 spiro atoms. The Hall–Kier alpha value is -2.51. The minimum atomic E-state index is -0.504. The van der Waals surface area contributed by atoms with Gasteiger partial charge in [-0.1, -0.05) is 30.3 Å². The fraction of sp³-hybridized carbons (Fsp3) is 0.409. The van der Waals surface area contributed by atoms with Gasteiger partial charge in [-0.2, -0.15) is 5.10 Å². The summed E-state index contributed by atoms with van der Waals surface area (Å²) < 4.78 is 7.40. The van der Waals surface area contributed by atoms with Crippen LogP contribution in [-0.2, 0) is 21.4 Å². The summed E-state index contributed by atoms with van der Waals surface area (Å²) in [4.78, 5) is 17.9. The molecule has 6 nitrogen and oxygen atoms in total. The predicted octanol–water partition coefficient (Wildman–Crippen LogP) is 3.35. The van der Waals surface area contributed by atoms with E-state index < -0.39 is 5.41 Å². The molecule has 1 N–H and O–H groups in total. The Kier molecular flexibility index (Phi) is 5.78. The number of hydrogen-bond donors (Lipinski definition) is 1. The molecule has 7 heteroatoms. The van der Waals surface area contributed by atoms with Crippen LogP contribution in [0.15, 0.2) is 41.8 Å². The number of aryl methyl sites for hydroxylation is 2. The lowest BCUT2D eigenvalue weighted by Crippen LogP contribution is -2.48. The molecule has 0 unspecified atom stereocenters. The Morgan fingerprint density at radius 3 is 2.69 bits per heavy atom. The summed E-state index contributed by atoms with van der Waals surface area (Å²) in [7, 11) is 0. The Morgan fingerprint density at radius 1 is 1.24 bits per heavy atom. The average molecular weight is 411 g/mol. The fourth-order valence-electron chi connectivity index (χ4n) is 3.93. The van der Waals surface area contributed by atoms with E-state index in [0.717, 1.165) is 27.8 Å². The van der Waals surface area contributed by atoms with Gasteiger partial charge < -0.3 is 10.1 Å². The zero-order valence-electron chi connectivity index (χ0n) is 16.9. The highest BCUT2D eigenvalue weighted by atomic mass is 32.1. The van der Waals surface area contributed by atoms with Crippen LogP contribution in [0.2, 0.25) is 0 Å². The van der Waals surface area contributed by atoms with E-state index in [2.05, 4.69) is 15.4 Å². The molecule has 3 heterocycles. The molecule has 1 amide bonds. The van der Waals surface area contributed by atoms with E-state index in [-0.39, 0.29) is 5.91 Å². The molecule has 4 rings (SSSR count). The highest BCUT2D eigenvalue weighted by molar-refractivity contribution is 7.12. The topological polar surface area (TPSA) is 69.0 Å². The Labute approximate surface area is 174 Å². The molecule has 0 aliphatic carbocycles. The van der Waals surface area contributed by atoms with Gasteiger partial charge in [0.05, 0.1) is 16.8 Å². The van der Waals surface area contributed by atoms with E-state index in [1.165, 1.54) is 0 Å². The highest BCUT2D eigenvalue weighted by Crippen LogP contribution is 2.35. The number of nitrogens with one attached hydrogen (secondary N) is 1. The van der Waals surface area contributed by atoms with Crippen LogP contribution in [-0.4, -0.2) is 40.4 Å². The molecule has 1 saturated heterocycles. The van der Waals surface area contributed by atoms with Crippen molar-refractivity contribution in [3.63, 3.8) is 0 Å². The molecule has 0 radical (unpaired) electrons. The molecular formula is C22H26N4O2S. The first-order valence-corrected chi connectivity index (χ1v) is 10.9. The molecule has 1 aromatic carbocycles. The van der Waals surface area contributed by atoms with Gasteiger partial charge in [-0.05, 0) is 38.3 Å². The first kappa shape index (κ1) is 19.8. The summed E-state index contributed by atoms with van der Waals surface area (Å²) >= 11 is 1.57. The summed E-state index contributed by atoms with van der Waals surface area (Å²) in [6, 6.07) is 12.1. The van der Waals surface area contributed by atoms with Crippen LogP contribution in [0.4, 0.5) is 0 Å². The molecule has 0 atom stereocenters. The molecule has 0 saturated carbocycles. The molecule has 3 aromatic rings. The van der Waals surface area contributed by atoms with Crippen LogP contribution in [0.1, 0.15) is 35.5 Å². The SMILES string of the molecule is Cc1cc(C)n(-c2nc(CCNC(=O)C3(c4ccccc4)CCOCC3)cs2)n1. The minimum Gasteiger partial charge on any atom is -0.381 e. The maximum Gasteiger partial charge on any atom is 0.230 e. The highest BCUT2D eigenvalue weighted by Gasteiger charge is 2.41. The van der Waals surface area contributed by atoms with E-state index in [4.69, 9.17) is 4.74 Å². The lowest BCUT2D eigenvalue weighted by molar-refractivity contribution is -0.130. The summed E-state index contributed by atoms with van der Waals surface area (Å²) in [6.45, 7) is 5.79. The zero-order valence-corrected chi connectivity index (χ0v) is 17.7. The Balaban J connectivity index is 1.41. The lowest BCUT2D eigenvalue weighted by atomic mass is 9.73. The summed E-state index contributed by atoms with van der Waals surface area (Å²) in [5, 5.41) is 10.5. The van der Waals surface area contributed by atoms with Crippen LogP contribution in [0, 0.1) is 13.8 Å². The number of carbonyl (C=O) groups excluding carboxylic acids is 1. The number of amides is 1. The van der Waals surface area contributed by atoms with Crippen molar-refractivity contribution in [2.75, 3.05) is 19.8 Å². The third-order valence-electron chi connectivity index (χ3n) is 5.50. The zero-order chi connectivity index (χ0) is 20.3. The second-order valence-electron chi connectivity index (χ2n) is 7.53. The average Bonchev–Trinajstić information content (AvgIpc) is 3.34. The smallest absolute Gasteiger partial charge is 0.230 e. The second-order valence-corrected chi connectivity index (χ2v) is 8.36. The number of nitrogens with zero attached hydrogens (tertiary/aromatic N) is 3. The van der Waals surface area contributed by atoms with Gasteiger partial charge in [0.2, 0.25) is 11.0 Å². The van der Waals surface area contributed by atoms with Crippen molar-refractivity contribution < 1.29 is 9.53 Å². The van der Waals surface area contributed by atoms with E-state index in [0.29, 0.717) is 39.0 Å². The third-order valence-corrected chi connectivity index (χ3v) is 6.37. The van der Waals surface area contributed by atoms with Gasteiger partial charge >= 0.3 is 0 Å². The standard InChI is InChI=1S/C22H26N4O2S/c1-16-14-17(2)26(25-16)21-24-19(15-29-21)8-11-23-20(27)22(9-12-28-13-10-22)18-6-4-3-5-7-18/h3-7,14-15H,8-13H2,1-2H3,(H,23,27). The van der Waals surface area contributed by atoms with Crippen LogP contribution in [0.5, 0.6) is 0 Å². The molecular weight excluding hydrogens is 384 g/mol. The Bertz CT molecular complexity index is 974. The van der Waals surface area contributed by atoms with Crippen molar-refractivity contribution in [1.29, 1.82) is 0 Å². The van der Waals surface area contributed by atoms with Gasteiger partial charge in [-0.15, -0.1) is 11.3 Å². The van der Waals surface area contributed by atoms with E-state index in [1.807, 2.05) is 60.3 Å². The van der Waals surface area contributed by atoms with Crippen LogP contribution >= 0.6 is 11.3 Å². The van der Waals surface area contributed by atoms with Gasteiger partial charge in [0.25, 0.3) is 0 Å². The number of thiazole rings is 1. The van der Waals surface area contributed by atoms with Crippen LogP contribution in [0.3, 0.4) is 0 Å². The maximum atomic E-state index is 13.2. The normalized spacial score (nSPS) is 15.9. The van der Waals surface area contributed by atoms with Crippen molar-refractivity contribution in [2.24, 2.45) is 0 Å². The number of carbonyl (C=O) groups is 1. The van der Waals surface area contributed by atoms with Crippen molar-refractivity contribution in [3.8, 4) is 5.13 Å². The second kappa shape index (κ2) is 8.47. The van der Waals surface area contributed by atoms with Gasteiger partial charge in [0, 0.05) is 37.3 Å². The molecule has 2 aromatic heterocycles. The fourth-order valence-corrected chi connectivity index (χ4v) is 4.79. The van der Waals surface area contributed by atoms with Crippen LogP contribution in [0.25, 0.3) is 5.13 Å². The molecule has 152 valence electrons. The number of hydrogen-bond acceptors (Lipinski definition) is 5. The van der Waals surface area contributed by atoms with Gasteiger partial charge in [-0.3, -0.25) is 4.79 Å². The van der Waals surface area contributed by atoms with Gasteiger partial charge in [0.15, 0.2) is 0 Å². The van der Waals surface area contributed by atoms with Crippen molar-refractivity contribution in [1.82, 2.24) is 20.1 Å². The third kappa shape index (κ3) is 4.11. The minimum absolute atomic E-state index is 0.0843. The quantitative estimate of drug-likeness (QED) is 0.677. The molecule has 1 fully saturated rings. The van der Waals surface area contributed by atoms with Crippen molar-refractivity contribution >= 4 is 17.2 Å². The molecule has 29 heavy (non-hydrogen) atoms. The molecule has 0 bridgehead atoms. The monoisotopic (exact) mass is 410 g/mol. The van der Waals surface area contributed by atoms with E-state index >= 15 is 0 Å². The largest absolute Gasteiger partial charge is 0.381 e. The maximum absolute atomic E-state index is 13.2. The van der Waals surface area contributed by atoms with E-state index in [9.17, 15) is 4.79 Å². The number of benzene rings is 1.